The second-order valence-electron chi connectivity index (χ2n) is 7.12. The van der Waals surface area contributed by atoms with Crippen LogP contribution >= 0.6 is 0 Å². The Bertz CT molecular complexity index is 335. The molecule has 0 aromatic carbocycles. The molecule has 0 spiro atoms. The van der Waals surface area contributed by atoms with Crippen molar-refractivity contribution in [3.8, 4) is 0 Å². The maximum Gasteiger partial charge on any atom is 0.230 e. The van der Waals surface area contributed by atoms with Gasteiger partial charge in [0.1, 0.15) is 0 Å². The van der Waals surface area contributed by atoms with Crippen molar-refractivity contribution in [3.05, 3.63) is 0 Å². The van der Waals surface area contributed by atoms with Crippen molar-refractivity contribution in [2.45, 2.75) is 51.5 Å². The fourth-order valence-corrected chi connectivity index (χ4v) is 4.03. The number of carbonyl (C=O) groups excluding carboxylic acids is 1. The van der Waals surface area contributed by atoms with E-state index in [-0.39, 0.29) is 5.41 Å². The molecular weight excluding hydrogens is 250 g/mol. The molecule has 116 valence electrons. The Balaban J connectivity index is 2.09. The van der Waals surface area contributed by atoms with Gasteiger partial charge in [0.2, 0.25) is 5.91 Å². The molecule has 2 unspecified atom stereocenters. The van der Waals surface area contributed by atoms with Crippen LogP contribution in [0, 0.1) is 11.3 Å². The van der Waals surface area contributed by atoms with Crippen molar-refractivity contribution >= 4 is 5.91 Å². The zero-order valence-corrected chi connectivity index (χ0v) is 13.4. The van der Waals surface area contributed by atoms with Crippen molar-refractivity contribution in [1.82, 2.24) is 9.80 Å². The maximum atomic E-state index is 13.0. The minimum Gasteiger partial charge on any atom is -0.340 e. The van der Waals surface area contributed by atoms with E-state index in [0.29, 0.717) is 24.4 Å². The summed E-state index contributed by atoms with van der Waals surface area (Å²) >= 11 is 0. The number of hydrogen-bond acceptors (Lipinski definition) is 3. The lowest BCUT2D eigenvalue weighted by atomic mass is 9.79. The van der Waals surface area contributed by atoms with Crippen LogP contribution in [0.25, 0.3) is 0 Å². The summed E-state index contributed by atoms with van der Waals surface area (Å²) in [6.07, 6.45) is 6.80. The second-order valence-corrected chi connectivity index (χ2v) is 7.12. The van der Waals surface area contributed by atoms with Gasteiger partial charge in [-0.25, -0.2) is 0 Å². The molecule has 2 rings (SSSR count). The molecule has 2 atom stereocenters. The van der Waals surface area contributed by atoms with E-state index >= 15 is 0 Å². The first-order valence-corrected chi connectivity index (χ1v) is 8.16. The topological polar surface area (TPSA) is 49.6 Å². The summed E-state index contributed by atoms with van der Waals surface area (Å²) in [5.41, 5.74) is 5.78. The summed E-state index contributed by atoms with van der Waals surface area (Å²) in [4.78, 5) is 17.4. The molecule has 1 amide bonds. The summed E-state index contributed by atoms with van der Waals surface area (Å²) in [6.45, 7) is 4.53. The minimum atomic E-state index is -0.266. The van der Waals surface area contributed by atoms with Crippen LogP contribution in [-0.2, 0) is 4.79 Å². The van der Waals surface area contributed by atoms with Gasteiger partial charge in [-0.2, -0.15) is 0 Å². The lowest BCUT2D eigenvalue weighted by Gasteiger charge is -2.34. The highest BCUT2D eigenvalue weighted by molar-refractivity contribution is 5.83. The molecule has 2 aliphatic rings. The predicted octanol–water partition coefficient (Wildman–Crippen LogP) is 1.69. The third-order valence-electron chi connectivity index (χ3n) is 5.43. The Labute approximate surface area is 123 Å². The standard InChI is InChI=1S/C16H31N3O/c1-13-10-19(11-14(13)18(2)3)15(20)16(12-17)8-6-4-5-7-9-16/h13-14H,4-12,17H2,1-3H3. The van der Waals surface area contributed by atoms with Gasteiger partial charge in [-0.3, -0.25) is 4.79 Å². The van der Waals surface area contributed by atoms with Gasteiger partial charge >= 0.3 is 0 Å². The summed E-state index contributed by atoms with van der Waals surface area (Å²) in [5, 5.41) is 0. The number of hydrogen-bond donors (Lipinski definition) is 1. The number of rotatable bonds is 3. The van der Waals surface area contributed by atoms with Gasteiger partial charge in [0.25, 0.3) is 0 Å². The highest BCUT2D eigenvalue weighted by Gasteiger charge is 2.43. The van der Waals surface area contributed by atoms with Crippen LogP contribution in [0.3, 0.4) is 0 Å². The highest BCUT2D eigenvalue weighted by Crippen LogP contribution is 2.37. The van der Waals surface area contributed by atoms with Crippen molar-refractivity contribution in [3.63, 3.8) is 0 Å². The molecule has 0 bridgehead atoms. The molecule has 2 fully saturated rings. The summed E-state index contributed by atoms with van der Waals surface area (Å²) in [5.74, 6) is 0.882. The molecule has 1 saturated heterocycles. The zero-order chi connectivity index (χ0) is 14.8. The average Bonchev–Trinajstić information content (AvgIpc) is 2.67. The molecule has 0 aromatic heterocycles. The lowest BCUT2D eigenvalue weighted by molar-refractivity contribution is -0.141. The SMILES string of the molecule is CC1CN(C(=O)C2(CN)CCCCCC2)CC1N(C)C. The summed E-state index contributed by atoms with van der Waals surface area (Å²) < 4.78 is 0. The predicted molar refractivity (Wildman–Crippen MR) is 82.4 cm³/mol. The van der Waals surface area contributed by atoms with Crippen LogP contribution in [0.15, 0.2) is 0 Å². The van der Waals surface area contributed by atoms with Crippen LogP contribution in [0.2, 0.25) is 0 Å². The molecular formula is C16H31N3O. The van der Waals surface area contributed by atoms with E-state index in [9.17, 15) is 4.79 Å². The van der Waals surface area contributed by atoms with Gasteiger partial charge in [-0.15, -0.1) is 0 Å². The lowest BCUT2D eigenvalue weighted by Crippen LogP contribution is -2.48. The monoisotopic (exact) mass is 281 g/mol. The van der Waals surface area contributed by atoms with E-state index < -0.39 is 0 Å². The van der Waals surface area contributed by atoms with Gasteiger partial charge in [0.05, 0.1) is 5.41 Å². The highest BCUT2D eigenvalue weighted by atomic mass is 16.2. The van der Waals surface area contributed by atoms with Crippen molar-refractivity contribution in [2.24, 2.45) is 17.1 Å². The molecule has 4 heteroatoms. The molecule has 4 nitrogen and oxygen atoms in total. The third kappa shape index (κ3) is 3.01. The van der Waals surface area contributed by atoms with Gasteiger partial charge in [0, 0.05) is 25.7 Å². The molecule has 0 radical (unpaired) electrons. The van der Waals surface area contributed by atoms with E-state index in [0.717, 1.165) is 38.8 Å². The van der Waals surface area contributed by atoms with E-state index in [1.54, 1.807) is 0 Å². The fraction of sp³-hybridized carbons (Fsp3) is 0.938. The Morgan fingerprint density at radius 2 is 1.80 bits per heavy atom. The number of carbonyl (C=O) groups is 1. The van der Waals surface area contributed by atoms with Crippen LogP contribution in [0.5, 0.6) is 0 Å². The van der Waals surface area contributed by atoms with Crippen LogP contribution in [-0.4, -0.2) is 55.5 Å². The van der Waals surface area contributed by atoms with E-state index in [4.69, 9.17) is 5.73 Å². The summed E-state index contributed by atoms with van der Waals surface area (Å²) in [7, 11) is 4.22. The quantitative estimate of drug-likeness (QED) is 0.801. The maximum absolute atomic E-state index is 13.0. The van der Waals surface area contributed by atoms with Gasteiger partial charge < -0.3 is 15.5 Å². The largest absolute Gasteiger partial charge is 0.340 e. The number of nitrogens with two attached hydrogens (primary N) is 1. The Morgan fingerprint density at radius 1 is 1.20 bits per heavy atom. The number of likely N-dealkylation sites (N-methyl/N-ethyl adjacent to an activating group) is 1. The van der Waals surface area contributed by atoms with E-state index in [2.05, 4.69) is 30.8 Å². The van der Waals surface area contributed by atoms with Crippen LogP contribution < -0.4 is 5.73 Å². The Hall–Kier alpha value is -0.610. The normalized spacial score (nSPS) is 30.6. The number of amides is 1. The number of nitrogens with zero attached hydrogens (tertiary/aromatic N) is 2. The first-order valence-electron chi connectivity index (χ1n) is 8.16. The Kier molecular flexibility index (Phi) is 5.08. The molecule has 1 aliphatic carbocycles. The average molecular weight is 281 g/mol. The first kappa shape index (κ1) is 15.8. The summed E-state index contributed by atoms with van der Waals surface area (Å²) in [6, 6.07) is 0.486. The van der Waals surface area contributed by atoms with Gasteiger partial charge in [-0.05, 0) is 32.9 Å². The van der Waals surface area contributed by atoms with Crippen molar-refractivity contribution < 1.29 is 4.79 Å². The first-order chi connectivity index (χ1) is 9.50. The smallest absolute Gasteiger partial charge is 0.230 e. The van der Waals surface area contributed by atoms with Crippen LogP contribution in [0.4, 0.5) is 0 Å². The van der Waals surface area contributed by atoms with E-state index in [1.165, 1.54) is 12.8 Å². The van der Waals surface area contributed by atoms with Crippen LogP contribution in [0.1, 0.15) is 45.4 Å². The second kappa shape index (κ2) is 6.44. The minimum absolute atomic E-state index is 0.266. The number of likely N-dealkylation sites (tertiary alicyclic amines) is 1. The molecule has 2 N–H and O–H groups in total. The van der Waals surface area contributed by atoms with Gasteiger partial charge in [-0.1, -0.05) is 32.6 Å². The fourth-order valence-electron chi connectivity index (χ4n) is 4.03. The van der Waals surface area contributed by atoms with Crippen molar-refractivity contribution in [1.29, 1.82) is 0 Å². The molecule has 1 saturated carbocycles. The zero-order valence-electron chi connectivity index (χ0n) is 13.4. The molecule has 1 heterocycles. The third-order valence-corrected chi connectivity index (χ3v) is 5.43. The van der Waals surface area contributed by atoms with Gasteiger partial charge in [0.15, 0.2) is 0 Å². The molecule has 0 aromatic rings. The van der Waals surface area contributed by atoms with Crippen molar-refractivity contribution in [2.75, 3.05) is 33.7 Å². The molecule has 1 aliphatic heterocycles. The molecule has 20 heavy (non-hydrogen) atoms. The van der Waals surface area contributed by atoms with E-state index in [1.807, 2.05) is 0 Å². The Morgan fingerprint density at radius 3 is 2.25 bits per heavy atom.